The lowest BCUT2D eigenvalue weighted by Crippen LogP contribution is -2.34. The fourth-order valence-electron chi connectivity index (χ4n) is 3.93. The molecule has 2 atom stereocenters. The van der Waals surface area contributed by atoms with Crippen LogP contribution in [0.25, 0.3) is 17.3 Å². The molecule has 3 heterocycles. The van der Waals surface area contributed by atoms with Gasteiger partial charge in [-0.1, -0.05) is 6.08 Å². The molecule has 4 N–H and O–H groups in total. The fraction of sp³-hybridized carbons (Fsp3) is 0.389. The summed E-state index contributed by atoms with van der Waals surface area (Å²) in [6.45, 7) is 1.27. The summed E-state index contributed by atoms with van der Waals surface area (Å²) in [5.74, 6) is -0.324. The molecule has 2 aromatic heterocycles. The van der Waals surface area contributed by atoms with Crippen LogP contribution >= 0.6 is 0 Å². The Morgan fingerprint density at radius 3 is 2.85 bits per heavy atom. The monoisotopic (exact) mass is 376 g/mol. The van der Waals surface area contributed by atoms with Gasteiger partial charge in [-0.3, -0.25) is 5.10 Å². The van der Waals surface area contributed by atoms with Crippen LogP contribution in [-0.4, -0.2) is 45.9 Å². The van der Waals surface area contributed by atoms with Crippen molar-refractivity contribution in [1.29, 1.82) is 5.41 Å². The lowest BCUT2D eigenvalue weighted by atomic mass is 9.79. The second-order valence-electron chi connectivity index (χ2n) is 6.98. The minimum absolute atomic E-state index is 0.0495. The van der Waals surface area contributed by atoms with Gasteiger partial charge >= 0.3 is 6.18 Å². The van der Waals surface area contributed by atoms with Crippen LogP contribution in [0.3, 0.4) is 0 Å². The first-order valence-electron chi connectivity index (χ1n) is 8.61. The van der Waals surface area contributed by atoms with E-state index in [1.807, 2.05) is 11.9 Å². The van der Waals surface area contributed by atoms with Gasteiger partial charge in [0.2, 0.25) is 0 Å². The number of H-pyrrole nitrogens is 1. The Morgan fingerprint density at radius 1 is 1.37 bits per heavy atom. The summed E-state index contributed by atoms with van der Waals surface area (Å²) in [4.78, 5) is 6.62. The SMILES string of the molecule is CN1CCc2c(c(-c3c[nH]nc3C(F)(F)F)nc3c2C(C=N)C(N)C=C3)C1. The average Bonchev–Trinajstić information content (AvgIpc) is 3.11. The molecule has 2 aromatic rings. The highest BCUT2D eigenvalue weighted by Crippen LogP contribution is 2.41. The Bertz CT molecular complexity index is 930. The van der Waals surface area contributed by atoms with Crippen molar-refractivity contribution in [3.05, 3.63) is 40.4 Å². The Kier molecular flexibility index (Phi) is 4.15. The molecule has 1 aliphatic carbocycles. The second-order valence-corrected chi connectivity index (χ2v) is 6.98. The van der Waals surface area contributed by atoms with Gasteiger partial charge in [0, 0.05) is 37.5 Å². The van der Waals surface area contributed by atoms with Crippen LogP contribution in [-0.2, 0) is 19.1 Å². The molecular formula is C18H19F3N6. The number of pyridine rings is 1. The van der Waals surface area contributed by atoms with E-state index in [-0.39, 0.29) is 17.5 Å². The summed E-state index contributed by atoms with van der Waals surface area (Å²) in [6.07, 6.45) is 2.14. The molecule has 0 spiro atoms. The Hall–Kier alpha value is -2.52. The highest BCUT2D eigenvalue weighted by atomic mass is 19.4. The van der Waals surface area contributed by atoms with Gasteiger partial charge < -0.3 is 16.0 Å². The first kappa shape index (κ1) is 17.9. The number of halogens is 3. The summed E-state index contributed by atoms with van der Waals surface area (Å²) >= 11 is 0. The van der Waals surface area contributed by atoms with E-state index in [2.05, 4.69) is 15.2 Å². The molecule has 2 aliphatic rings. The van der Waals surface area contributed by atoms with Gasteiger partial charge in [0.1, 0.15) is 0 Å². The molecule has 142 valence electrons. The minimum atomic E-state index is -4.57. The Morgan fingerprint density at radius 2 is 2.15 bits per heavy atom. The topological polar surface area (TPSA) is 94.7 Å². The number of aromatic amines is 1. The van der Waals surface area contributed by atoms with Crippen LogP contribution < -0.4 is 5.73 Å². The molecule has 0 aromatic carbocycles. The van der Waals surface area contributed by atoms with Crippen LogP contribution in [0.4, 0.5) is 13.2 Å². The summed E-state index contributed by atoms with van der Waals surface area (Å²) in [6, 6.07) is -0.342. The summed E-state index contributed by atoms with van der Waals surface area (Å²) in [5, 5.41) is 13.5. The van der Waals surface area contributed by atoms with Crippen molar-refractivity contribution in [2.45, 2.75) is 31.1 Å². The summed E-state index contributed by atoms with van der Waals surface area (Å²) in [7, 11) is 1.92. The van der Waals surface area contributed by atoms with E-state index in [9.17, 15) is 13.2 Å². The molecule has 2 unspecified atom stereocenters. The average molecular weight is 376 g/mol. The normalized spacial score (nSPS) is 22.4. The number of nitrogens with two attached hydrogens (primary N) is 1. The predicted octanol–water partition coefficient (Wildman–Crippen LogP) is 2.57. The van der Waals surface area contributed by atoms with Crippen LogP contribution in [0.2, 0.25) is 0 Å². The fourth-order valence-corrected chi connectivity index (χ4v) is 3.93. The van der Waals surface area contributed by atoms with Crippen LogP contribution in [0.15, 0.2) is 12.3 Å². The van der Waals surface area contributed by atoms with E-state index < -0.39 is 11.9 Å². The Balaban J connectivity index is 2.00. The maximum atomic E-state index is 13.4. The number of rotatable bonds is 2. The Labute approximate surface area is 153 Å². The predicted molar refractivity (Wildman–Crippen MR) is 95.4 cm³/mol. The summed E-state index contributed by atoms with van der Waals surface area (Å²) < 4.78 is 40.2. The van der Waals surface area contributed by atoms with E-state index in [0.717, 1.165) is 23.2 Å². The molecule has 1 aliphatic heterocycles. The zero-order chi connectivity index (χ0) is 19.3. The van der Waals surface area contributed by atoms with Gasteiger partial charge in [0.25, 0.3) is 0 Å². The molecule has 0 bridgehead atoms. The zero-order valence-corrected chi connectivity index (χ0v) is 14.6. The highest BCUT2D eigenvalue weighted by Gasteiger charge is 2.39. The number of fused-ring (bicyclic) bond motifs is 3. The minimum Gasteiger partial charge on any atom is -0.324 e. The number of nitrogens with one attached hydrogen (secondary N) is 2. The first-order valence-corrected chi connectivity index (χ1v) is 8.61. The third kappa shape index (κ3) is 2.87. The third-order valence-electron chi connectivity index (χ3n) is 5.22. The van der Waals surface area contributed by atoms with E-state index >= 15 is 0 Å². The highest BCUT2D eigenvalue weighted by molar-refractivity contribution is 5.78. The number of hydrogen-bond acceptors (Lipinski definition) is 5. The van der Waals surface area contributed by atoms with Crippen LogP contribution in [0.1, 0.15) is 34.0 Å². The first-order chi connectivity index (χ1) is 12.8. The van der Waals surface area contributed by atoms with Crippen LogP contribution in [0, 0.1) is 5.41 Å². The molecule has 0 amide bonds. The lowest BCUT2D eigenvalue weighted by molar-refractivity contribution is -0.140. The number of nitrogens with zero attached hydrogens (tertiary/aromatic N) is 3. The molecule has 9 heteroatoms. The summed E-state index contributed by atoms with van der Waals surface area (Å²) in [5.41, 5.74) is 8.57. The maximum absolute atomic E-state index is 13.4. The molecule has 4 rings (SSSR count). The van der Waals surface area contributed by atoms with Gasteiger partial charge in [-0.15, -0.1) is 0 Å². The van der Waals surface area contributed by atoms with E-state index in [1.54, 1.807) is 12.2 Å². The van der Waals surface area contributed by atoms with Crippen molar-refractivity contribution in [2.75, 3.05) is 13.6 Å². The molecule has 0 fully saturated rings. The zero-order valence-electron chi connectivity index (χ0n) is 14.6. The lowest BCUT2D eigenvalue weighted by Gasteiger charge is -2.33. The quantitative estimate of drug-likeness (QED) is 0.702. The number of aromatic nitrogens is 3. The van der Waals surface area contributed by atoms with Crippen molar-refractivity contribution >= 4 is 12.3 Å². The van der Waals surface area contributed by atoms with Crippen molar-refractivity contribution < 1.29 is 13.2 Å². The standard InChI is InChI=1S/C18H19F3N6/c1-27-5-4-9-12(8-27)16(11-7-24-26-17(11)18(19,20)21)25-14-3-2-13(23)10(6-22)15(9)14/h2-3,6-7,10,13,22H,4-5,8,23H2,1H3,(H,24,26). The van der Waals surface area contributed by atoms with Crippen molar-refractivity contribution in [1.82, 2.24) is 20.1 Å². The van der Waals surface area contributed by atoms with Crippen LogP contribution in [0.5, 0.6) is 0 Å². The van der Waals surface area contributed by atoms with E-state index in [4.69, 9.17) is 11.1 Å². The van der Waals surface area contributed by atoms with Gasteiger partial charge in [0.05, 0.1) is 17.0 Å². The largest absolute Gasteiger partial charge is 0.435 e. The molecular weight excluding hydrogens is 357 g/mol. The van der Waals surface area contributed by atoms with E-state index in [1.165, 1.54) is 12.4 Å². The van der Waals surface area contributed by atoms with Crippen molar-refractivity contribution in [3.8, 4) is 11.3 Å². The van der Waals surface area contributed by atoms with E-state index in [0.29, 0.717) is 24.4 Å². The third-order valence-corrected chi connectivity index (χ3v) is 5.22. The second kappa shape index (κ2) is 6.28. The van der Waals surface area contributed by atoms with Gasteiger partial charge in [-0.25, -0.2) is 4.98 Å². The molecule has 0 saturated heterocycles. The number of likely N-dealkylation sites (N-methyl/N-ethyl adjacent to an activating group) is 1. The van der Waals surface area contributed by atoms with Crippen molar-refractivity contribution in [2.24, 2.45) is 5.73 Å². The molecule has 27 heavy (non-hydrogen) atoms. The van der Waals surface area contributed by atoms with Gasteiger partial charge in [-0.05, 0) is 36.2 Å². The smallest absolute Gasteiger partial charge is 0.324 e. The molecule has 0 saturated carbocycles. The number of alkyl halides is 3. The molecule has 0 radical (unpaired) electrons. The van der Waals surface area contributed by atoms with Gasteiger partial charge in [0.15, 0.2) is 5.69 Å². The number of hydrogen-bond donors (Lipinski definition) is 3. The van der Waals surface area contributed by atoms with Gasteiger partial charge in [-0.2, -0.15) is 18.3 Å². The maximum Gasteiger partial charge on any atom is 0.435 e. The molecule has 6 nitrogen and oxygen atoms in total. The van der Waals surface area contributed by atoms with Crippen molar-refractivity contribution in [3.63, 3.8) is 0 Å².